The minimum atomic E-state index is -0.671. The van der Waals surface area contributed by atoms with Gasteiger partial charge in [-0.15, -0.1) is 10.2 Å². The molecule has 0 aromatic carbocycles. The van der Waals surface area contributed by atoms with Gasteiger partial charge < -0.3 is 11.1 Å². The summed E-state index contributed by atoms with van der Waals surface area (Å²) < 4.78 is 1.59. The molecule has 0 aliphatic heterocycles. The van der Waals surface area contributed by atoms with Gasteiger partial charge in [-0.05, 0) is 32.0 Å². The number of rotatable bonds is 4. The highest BCUT2D eigenvalue weighted by molar-refractivity contribution is 6.02. The number of aryl methyl sites for hydroxylation is 2. The van der Waals surface area contributed by atoms with Crippen molar-refractivity contribution < 1.29 is 9.59 Å². The number of anilines is 1. The monoisotopic (exact) mass is 274 g/mol. The fourth-order valence-electron chi connectivity index (χ4n) is 1.68. The number of nitrogens with one attached hydrogen (secondary N) is 1. The summed E-state index contributed by atoms with van der Waals surface area (Å²) in [6.45, 7) is 4.29. The van der Waals surface area contributed by atoms with Crippen molar-refractivity contribution >= 4 is 17.6 Å². The molecule has 0 aliphatic rings. The number of carbonyl (C=O) groups is 2. The maximum atomic E-state index is 12.1. The van der Waals surface area contributed by atoms with E-state index in [2.05, 4.69) is 20.6 Å². The molecule has 2 aromatic rings. The van der Waals surface area contributed by atoms with Gasteiger partial charge in [0.1, 0.15) is 5.69 Å². The molecule has 8 nitrogen and oxygen atoms in total. The average Bonchev–Trinajstić information content (AvgIpc) is 2.80. The third-order valence-electron chi connectivity index (χ3n) is 2.59. The Morgan fingerprint density at radius 1 is 1.35 bits per heavy atom. The first-order valence-corrected chi connectivity index (χ1v) is 6.00. The molecule has 2 rings (SSSR count). The summed E-state index contributed by atoms with van der Waals surface area (Å²) in [6, 6.07) is 4.54. The highest BCUT2D eigenvalue weighted by Gasteiger charge is 2.14. The molecule has 8 heteroatoms. The van der Waals surface area contributed by atoms with E-state index >= 15 is 0 Å². The molecule has 2 heterocycles. The summed E-state index contributed by atoms with van der Waals surface area (Å²) in [7, 11) is 0. The Bertz CT molecular complexity index is 646. The second-order valence-electron chi connectivity index (χ2n) is 4.11. The lowest BCUT2D eigenvalue weighted by atomic mass is 10.3. The normalized spacial score (nSPS) is 10.3. The first kappa shape index (κ1) is 13.7. The Balaban J connectivity index is 2.16. The number of carbonyl (C=O) groups excluding carboxylic acids is 2. The van der Waals surface area contributed by atoms with Crippen LogP contribution in [0.4, 0.5) is 5.82 Å². The summed E-state index contributed by atoms with van der Waals surface area (Å²) in [4.78, 5) is 23.0. The van der Waals surface area contributed by atoms with Gasteiger partial charge in [-0.3, -0.25) is 14.3 Å². The molecule has 0 atom stereocenters. The fourth-order valence-corrected chi connectivity index (χ4v) is 1.68. The van der Waals surface area contributed by atoms with Gasteiger partial charge >= 0.3 is 0 Å². The summed E-state index contributed by atoms with van der Waals surface area (Å²) in [5.41, 5.74) is 6.29. The highest BCUT2D eigenvalue weighted by Crippen LogP contribution is 2.08. The zero-order chi connectivity index (χ0) is 14.7. The lowest BCUT2D eigenvalue weighted by Gasteiger charge is -2.05. The molecule has 0 spiro atoms. The van der Waals surface area contributed by atoms with Gasteiger partial charge in [0.05, 0.1) is 5.69 Å². The van der Waals surface area contributed by atoms with Crippen LogP contribution in [0.15, 0.2) is 18.2 Å². The van der Waals surface area contributed by atoms with Crippen molar-refractivity contribution in [3.8, 4) is 0 Å². The SMILES string of the molecule is CCn1nc(C)cc1C(=O)Nc1ccc(C(N)=O)nn1. The number of amides is 2. The van der Waals surface area contributed by atoms with Crippen LogP contribution < -0.4 is 11.1 Å². The van der Waals surface area contributed by atoms with Gasteiger partial charge in [0.2, 0.25) is 0 Å². The largest absolute Gasteiger partial charge is 0.364 e. The minimum absolute atomic E-state index is 0.0393. The van der Waals surface area contributed by atoms with Crippen molar-refractivity contribution in [1.29, 1.82) is 0 Å². The Kier molecular flexibility index (Phi) is 3.74. The maximum Gasteiger partial charge on any atom is 0.275 e. The van der Waals surface area contributed by atoms with Crippen molar-refractivity contribution in [3.63, 3.8) is 0 Å². The smallest absolute Gasteiger partial charge is 0.275 e. The fraction of sp³-hybridized carbons (Fsp3) is 0.250. The van der Waals surface area contributed by atoms with E-state index in [1.54, 1.807) is 10.7 Å². The molecule has 0 fully saturated rings. The van der Waals surface area contributed by atoms with Crippen LogP contribution >= 0.6 is 0 Å². The van der Waals surface area contributed by atoms with E-state index in [-0.39, 0.29) is 17.4 Å². The molecule has 20 heavy (non-hydrogen) atoms. The topological polar surface area (TPSA) is 116 Å². The molecule has 0 bridgehead atoms. The Morgan fingerprint density at radius 3 is 2.65 bits per heavy atom. The van der Waals surface area contributed by atoms with Crippen LogP contribution in [-0.4, -0.2) is 31.8 Å². The van der Waals surface area contributed by atoms with E-state index in [1.807, 2.05) is 13.8 Å². The number of nitrogens with two attached hydrogens (primary N) is 1. The molecule has 0 unspecified atom stereocenters. The van der Waals surface area contributed by atoms with Crippen LogP contribution in [0.3, 0.4) is 0 Å². The van der Waals surface area contributed by atoms with Gasteiger partial charge in [-0.25, -0.2) is 0 Å². The van der Waals surface area contributed by atoms with E-state index in [4.69, 9.17) is 5.73 Å². The molecule has 2 aromatic heterocycles. The van der Waals surface area contributed by atoms with Crippen LogP contribution in [0.5, 0.6) is 0 Å². The minimum Gasteiger partial charge on any atom is -0.364 e. The molecule has 0 radical (unpaired) electrons. The Hall–Kier alpha value is -2.77. The molecule has 0 saturated carbocycles. The highest BCUT2D eigenvalue weighted by atomic mass is 16.2. The quantitative estimate of drug-likeness (QED) is 0.834. The molecule has 2 amide bonds. The third-order valence-corrected chi connectivity index (χ3v) is 2.59. The van der Waals surface area contributed by atoms with Crippen LogP contribution in [0.2, 0.25) is 0 Å². The van der Waals surface area contributed by atoms with Crippen molar-refractivity contribution in [2.45, 2.75) is 20.4 Å². The molecular weight excluding hydrogens is 260 g/mol. The van der Waals surface area contributed by atoms with Crippen molar-refractivity contribution in [2.24, 2.45) is 5.73 Å². The lowest BCUT2D eigenvalue weighted by molar-refractivity contribution is 0.0993. The second kappa shape index (κ2) is 5.47. The summed E-state index contributed by atoms with van der Waals surface area (Å²) >= 11 is 0. The van der Waals surface area contributed by atoms with Crippen LogP contribution in [-0.2, 0) is 6.54 Å². The third kappa shape index (κ3) is 2.79. The molecule has 104 valence electrons. The number of primary amides is 1. The van der Waals surface area contributed by atoms with Crippen LogP contribution in [0.1, 0.15) is 33.6 Å². The molecular formula is C12H14N6O2. The number of hydrogen-bond acceptors (Lipinski definition) is 5. The lowest BCUT2D eigenvalue weighted by Crippen LogP contribution is -2.19. The number of aromatic nitrogens is 4. The predicted molar refractivity (Wildman–Crippen MR) is 71.1 cm³/mol. The number of nitrogens with zero attached hydrogens (tertiary/aromatic N) is 4. The molecule has 3 N–H and O–H groups in total. The Labute approximate surface area is 115 Å². The summed E-state index contributed by atoms with van der Waals surface area (Å²) in [5, 5.41) is 14.1. The van der Waals surface area contributed by atoms with Gasteiger partial charge in [0, 0.05) is 6.54 Å². The van der Waals surface area contributed by atoms with Crippen molar-refractivity contribution in [2.75, 3.05) is 5.32 Å². The average molecular weight is 274 g/mol. The second-order valence-corrected chi connectivity index (χ2v) is 4.11. The summed E-state index contributed by atoms with van der Waals surface area (Å²) in [5.74, 6) is -0.773. The van der Waals surface area contributed by atoms with E-state index in [1.165, 1.54) is 12.1 Å². The van der Waals surface area contributed by atoms with Gasteiger partial charge in [0.15, 0.2) is 11.5 Å². The van der Waals surface area contributed by atoms with E-state index in [9.17, 15) is 9.59 Å². The molecule has 0 saturated heterocycles. The van der Waals surface area contributed by atoms with Crippen LogP contribution in [0, 0.1) is 6.92 Å². The maximum absolute atomic E-state index is 12.1. The Morgan fingerprint density at radius 2 is 2.10 bits per heavy atom. The van der Waals surface area contributed by atoms with E-state index in [0.29, 0.717) is 12.2 Å². The first-order chi connectivity index (χ1) is 9.51. The van der Waals surface area contributed by atoms with Gasteiger partial charge in [-0.1, -0.05) is 0 Å². The zero-order valence-corrected chi connectivity index (χ0v) is 11.1. The molecule has 0 aliphatic carbocycles. The van der Waals surface area contributed by atoms with E-state index < -0.39 is 5.91 Å². The van der Waals surface area contributed by atoms with Gasteiger partial charge in [-0.2, -0.15) is 5.10 Å². The first-order valence-electron chi connectivity index (χ1n) is 6.00. The van der Waals surface area contributed by atoms with Crippen LogP contribution in [0.25, 0.3) is 0 Å². The summed E-state index contributed by atoms with van der Waals surface area (Å²) in [6.07, 6.45) is 0. The van der Waals surface area contributed by atoms with E-state index in [0.717, 1.165) is 5.69 Å². The predicted octanol–water partition coefficient (Wildman–Crippen LogP) is 0.353. The standard InChI is InChI=1S/C12H14N6O2/c1-3-18-9(6-7(2)17-18)12(20)14-10-5-4-8(11(13)19)15-16-10/h4-6H,3H2,1-2H3,(H2,13,19)(H,14,16,20). The number of hydrogen-bond donors (Lipinski definition) is 2. The van der Waals surface area contributed by atoms with Crippen molar-refractivity contribution in [3.05, 3.63) is 35.3 Å². The van der Waals surface area contributed by atoms with Gasteiger partial charge in [0.25, 0.3) is 11.8 Å². The zero-order valence-electron chi connectivity index (χ0n) is 11.1. The van der Waals surface area contributed by atoms with Crippen molar-refractivity contribution in [1.82, 2.24) is 20.0 Å².